The molecule has 0 atom stereocenters. The second-order valence-electron chi connectivity index (χ2n) is 7.41. The highest BCUT2D eigenvalue weighted by Gasteiger charge is 2.28. The lowest BCUT2D eigenvalue weighted by Crippen LogP contribution is -2.52. The third-order valence-corrected chi connectivity index (χ3v) is 5.42. The van der Waals surface area contributed by atoms with Crippen LogP contribution in [0.3, 0.4) is 0 Å². The molecule has 0 aromatic heterocycles. The van der Waals surface area contributed by atoms with Crippen LogP contribution in [0.15, 0.2) is 36.4 Å². The number of halogens is 1. The standard InChI is InChI=1S/C21H27FN4O/c1-26(11-8-23,12-9-24)13-10-25-19-7-6-18(22)17-14-15-4-2-3-5-16(15)21(27)20(17)19/h2-7H,8-14,23-24H2,1H3/p+1. The summed E-state index contributed by atoms with van der Waals surface area (Å²) in [4.78, 5) is 13.0. The molecule has 0 aliphatic heterocycles. The SMILES string of the molecule is C[N+](CCN)(CCN)CCNc1ccc(F)c2c1C(=O)c1ccccc1C2. The van der Waals surface area contributed by atoms with E-state index in [1.165, 1.54) is 6.07 Å². The summed E-state index contributed by atoms with van der Waals surface area (Å²) in [6.07, 6.45) is 0.437. The quantitative estimate of drug-likeness (QED) is 0.527. The number of nitrogens with zero attached hydrogens (tertiary/aromatic N) is 1. The minimum Gasteiger partial charge on any atom is -0.379 e. The normalized spacial score (nSPS) is 13.3. The minimum atomic E-state index is -0.328. The van der Waals surface area contributed by atoms with Crippen molar-refractivity contribution in [1.29, 1.82) is 0 Å². The third-order valence-electron chi connectivity index (χ3n) is 5.42. The lowest BCUT2D eigenvalue weighted by molar-refractivity contribution is -0.905. The fraction of sp³-hybridized carbons (Fsp3) is 0.381. The first-order chi connectivity index (χ1) is 13.0. The number of carbonyl (C=O) groups excluding carboxylic acids is 1. The molecule has 144 valence electrons. The number of ketones is 1. The number of nitrogens with one attached hydrogen (secondary N) is 1. The molecule has 1 aliphatic carbocycles. The lowest BCUT2D eigenvalue weighted by Gasteiger charge is -2.34. The summed E-state index contributed by atoms with van der Waals surface area (Å²) in [6.45, 7) is 4.35. The number of rotatable bonds is 8. The van der Waals surface area contributed by atoms with Gasteiger partial charge < -0.3 is 21.3 Å². The molecule has 0 radical (unpaired) electrons. The third kappa shape index (κ3) is 4.03. The molecular weight excluding hydrogens is 343 g/mol. The first-order valence-electron chi connectivity index (χ1n) is 9.40. The predicted octanol–water partition coefficient (Wildman–Crippen LogP) is 1.74. The molecule has 27 heavy (non-hydrogen) atoms. The largest absolute Gasteiger partial charge is 0.379 e. The fourth-order valence-corrected chi connectivity index (χ4v) is 3.84. The Kier molecular flexibility index (Phi) is 5.89. The van der Waals surface area contributed by atoms with Gasteiger partial charge >= 0.3 is 0 Å². The van der Waals surface area contributed by atoms with Crippen molar-refractivity contribution in [3.63, 3.8) is 0 Å². The first-order valence-corrected chi connectivity index (χ1v) is 9.40. The number of hydrogen-bond donors (Lipinski definition) is 3. The van der Waals surface area contributed by atoms with Gasteiger partial charge in [0.2, 0.25) is 0 Å². The van der Waals surface area contributed by atoms with Crippen LogP contribution in [-0.2, 0) is 6.42 Å². The Morgan fingerprint density at radius 2 is 1.78 bits per heavy atom. The van der Waals surface area contributed by atoms with E-state index in [2.05, 4.69) is 12.4 Å². The molecule has 0 fully saturated rings. The van der Waals surface area contributed by atoms with E-state index in [1.54, 1.807) is 6.07 Å². The summed E-state index contributed by atoms with van der Waals surface area (Å²) in [5.74, 6) is -0.444. The van der Waals surface area contributed by atoms with Gasteiger partial charge in [-0.25, -0.2) is 4.39 Å². The maximum Gasteiger partial charge on any atom is 0.195 e. The molecular formula is C21H28FN4O+. The Hall–Kier alpha value is -2.28. The Morgan fingerprint density at radius 3 is 2.48 bits per heavy atom. The van der Waals surface area contributed by atoms with Crippen molar-refractivity contribution in [2.45, 2.75) is 6.42 Å². The maximum absolute atomic E-state index is 14.4. The van der Waals surface area contributed by atoms with E-state index in [1.807, 2.05) is 24.3 Å². The molecule has 0 saturated carbocycles. The van der Waals surface area contributed by atoms with E-state index in [4.69, 9.17) is 11.5 Å². The van der Waals surface area contributed by atoms with Crippen LogP contribution in [0.2, 0.25) is 0 Å². The highest BCUT2D eigenvalue weighted by Crippen LogP contribution is 2.33. The van der Waals surface area contributed by atoms with Crippen LogP contribution in [0.5, 0.6) is 0 Å². The Labute approximate surface area is 159 Å². The van der Waals surface area contributed by atoms with Crippen molar-refractivity contribution in [3.05, 3.63) is 64.5 Å². The molecule has 0 bridgehead atoms. The van der Waals surface area contributed by atoms with Crippen molar-refractivity contribution in [2.24, 2.45) is 11.5 Å². The zero-order chi connectivity index (χ0) is 19.4. The van der Waals surface area contributed by atoms with E-state index in [0.717, 1.165) is 29.7 Å². The molecule has 3 rings (SSSR count). The van der Waals surface area contributed by atoms with Gasteiger partial charge in [0.15, 0.2) is 5.78 Å². The smallest absolute Gasteiger partial charge is 0.195 e. The van der Waals surface area contributed by atoms with Gasteiger partial charge in [0.05, 0.1) is 38.8 Å². The molecule has 6 heteroatoms. The molecule has 5 N–H and O–H groups in total. The fourth-order valence-electron chi connectivity index (χ4n) is 3.84. The average Bonchev–Trinajstić information content (AvgIpc) is 2.64. The zero-order valence-corrected chi connectivity index (χ0v) is 15.8. The number of anilines is 1. The van der Waals surface area contributed by atoms with Crippen LogP contribution >= 0.6 is 0 Å². The van der Waals surface area contributed by atoms with E-state index in [-0.39, 0.29) is 11.6 Å². The van der Waals surface area contributed by atoms with Crippen molar-refractivity contribution < 1.29 is 13.7 Å². The summed E-state index contributed by atoms with van der Waals surface area (Å²) < 4.78 is 15.2. The number of quaternary nitrogens is 1. The number of carbonyl (C=O) groups is 1. The van der Waals surface area contributed by atoms with Gasteiger partial charge in [-0.15, -0.1) is 0 Å². The summed E-state index contributed by atoms with van der Waals surface area (Å²) in [5.41, 5.74) is 14.6. The maximum atomic E-state index is 14.4. The molecule has 0 saturated heterocycles. The summed E-state index contributed by atoms with van der Waals surface area (Å²) in [5, 5.41) is 3.35. The van der Waals surface area contributed by atoms with Crippen LogP contribution in [-0.4, -0.2) is 56.6 Å². The second kappa shape index (κ2) is 8.17. The molecule has 1 aliphatic rings. The molecule has 5 nitrogen and oxygen atoms in total. The molecule has 0 spiro atoms. The van der Waals surface area contributed by atoms with Gasteiger partial charge in [-0.3, -0.25) is 4.79 Å². The number of benzene rings is 2. The van der Waals surface area contributed by atoms with Crippen LogP contribution in [0, 0.1) is 5.82 Å². The minimum absolute atomic E-state index is 0.116. The summed E-state index contributed by atoms with van der Waals surface area (Å²) >= 11 is 0. The predicted molar refractivity (Wildman–Crippen MR) is 106 cm³/mol. The van der Waals surface area contributed by atoms with Gasteiger partial charge in [0.1, 0.15) is 5.82 Å². The molecule has 2 aromatic carbocycles. The Balaban J connectivity index is 1.82. The number of hydrogen-bond acceptors (Lipinski definition) is 4. The number of fused-ring (bicyclic) bond motifs is 2. The van der Waals surface area contributed by atoms with E-state index < -0.39 is 0 Å². The van der Waals surface area contributed by atoms with Crippen LogP contribution < -0.4 is 16.8 Å². The molecule has 0 amide bonds. The second-order valence-corrected chi connectivity index (χ2v) is 7.41. The summed E-state index contributed by atoms with van der Waals surface area (Å²) in [6, 6.07) is 10.5. The van der Waals surface area contributed by atoms with E-state index >= 15 is 0 Å². The highest BCUT2D eigenvalue weighted by molar-refractivity contribution is 6.15. The van der Waals surface area contributed by atoms with Gasteiger partial charge in [-0.05, 0) is 17.7 Å². The van der Waals surface area contributed by atoms with E-state index in [9.17, 15) is 9.18 Å². The lowest BCUT2D eigenvalue weighted by atomic mass is 9.84. The molecule has 0 unspecified atom stereocenters. The van der Waals surface area contributed by atoms with Gasteiger partial charge in [-0.2, -0.15) is 0 Å². The van der Waals surface area contributed by atoms with Crippen molar-refractivity contribution in [3.8, 4) is 0 Å². The Morgan fingerprint density at radius 1 is 1.07 bits per heavy atom. The zero-order valence-electron chi connectivity index (χ0n) is 15.8. The van der Waals surface area contributed by atoms with Gasteiger partial charge in [0.25, 0.3) is 0 Å². The highest BCUT2D eigenvalue weighted by atomic mass is 19.1. The number of nitrogens with two attached hydrogens (primary N) is 2. The van der Waals surface area contributed by atoms with Crippen LogP contribution in [0.4, 0.5) is 10.1 Å². The van der Waals surface area contributed by atoms with Crippen LogP contribution in [0.25, 0.3) is 0 Å². The summed E-state index contributed by atoms with van der Waals surface area (Å²) in [7, 11) is 2.13. The van der Waals surface area contributed by atoms with Crippen molar-refractivity contribution >= 4 is 11.5 Å². The topological polar surface area (TPSA) is 81.1 Å². The van der Waals surface area contributed by atoms with Crippen molar-refractivity contribution in [2.75, 3.05) is 51.6 Å². The first kappa shape index (κ1) is 19.5. The molecule has 2 aromatic rings. The van der Waals surface area contributed by atoms with Crippen molar-refractivity contribution in [1.82, 2.24) is 0 Å². The monoisotopic (exact) mass is 371 g/mol. The Bertz CT molecular complexity index is 831. The average molecular weight is 371 g/mol. The van der Waals surface area contributed by atoms with Gasteiger partial charge in [-0.1, -0.05) is 24.3 Å². The van der Waals surface area contributed by atoms with Gasteiger partial charge in [0, 0.05) is 36.3 Å². The molecule has 0 heterocycles. The number of likely N-dealkylation sites (N-methyl/N-ethyl adjacent to an activating group) is 1. The van der Waals surface area contributed by atoms with E-state index in [0.29, 0.717) is 48.4 Å². The van der Waals surface area contributed by atoms with Crippen LogP contribution in [0.1, 0.15) is 27.0 Å².